The Morgan fingerprint density at radius 1 is 1.16 bits per heavy atom. The number of amides is 2. The molecule has 0 bridgehead atoms. The predicted octanol–water partition coefficient (Wildman–Crippen LogP) is 2.14. The van der Waals surface area contributed by atoms with Crippen LogP contribution in [0.2, 0.25) is 0 Å². The normalized spacial score (nSPS) is 21.3. The minimum atomic E-state index is -0.00522. The van der Waals surface area contributed by atoms with E-state index in [0.29, 0.717) is 0 Å². The van der Waals surface area contributed by atoms with Crippen LogP contribution in [0.25, 0.3) is 0 Å². The maximum Gasteiger partial charge on any atom is 0.251 e. The number of hydrogen-bond donors (Lipinski definition) is 2. The van der Waals surface area contributed by atoms with E-state index in [-0.39, 0.29) is 36.2 Å². The van der Waals surface area contributed by atoms with E-state index in [2.05, 4.69) is 10.6 Å². The fraction of sp³-hybridized carbons (Fsp3) is 0.579. The maximum atomic E-state index is 12.5. The van der Waals surface area contributed by atoms with E-state index < -0.39 is 0 Å². The van der Waals surface area contributed by atoms with Crippen LogP contribution in [-0.4, -0.2) is 48.9 Å². The number of nitrogens with zero attached hydrogens (tertiary/aromatic N) is 1. The van der Waals surface area contributed by atoms with E-state index in [9.17, 15) is 9.59 Å². The predicted molar refractivity (Wildman–Crippen MR) is 101 cm³/mol. The van der Waals surface area contributed by atoms with Gasteiger partial charge in [0.2, 0.25) is 5.91 Å². The van der Waals surface area contributed by atoms with Gasteiger partial charge in [-0.15, -0.1) is 12.4 Å². The van der Waals surface area contributed by atoms with Gasteiger partial charge < -0.3 is 15.5 Å². The van der Waals surface area contributed by atoms with Gasteiger partial charge in [-0.3, -0.25) is 9.59 Å². The molecule has 3 rings (SSSR count). The lowest BCUT2D eigenvalue weighted by atomic mass is 9.96. The number of carbonyl (C=O) groups excluding carboxylic acids is 2. The molecular weight excluding hydrogens is 338 g/mol. The molecule has 2 aliphatic heterocycles. The zero-order chi connectivity index (χ0) is 16.9. The number of hydrogen-bond acceptors (Lipinski definition) is 3. The molecule has 0 aromatic heterocycles. The molecule has 2 heterocycles. The molecule has 1 unspecified atom stereocenters. The van der Waals surface area contributed by atoms with Crippen LogP contribution in [0.3, 0.4) is 0 Å². The largest absolute Gasteiger partial charge is 0.349 e. The van der Waals surface area contributed by atoms with Gasteiger partial charge in [0.15, 0.2) is 0 Å². The summed E-state index contributed by atoms with van der Waals surface area (Å²) in [6.07, 6.45) is 3.75. The number of nitrogens with one attached hydrogen (secondary N) is 2. The summed E-state index contributed by atoms with van der Waals surface area (Å²) in [5, 5.41) is 6.43. The molecule has 2 saturated heterocycles. The zero-order valence-electron chi connectivity index (χ0n) is 14.8. The van der Waals surface area contributed by atoms with Crippen molar-refractivity contribution in [2.75, 3.05) is 26.2 Å². The fourth-order valence-electron chi connectivity index (χ4n) is 3.66. The van der Waals surface area contributed by atoms with Gasteiger partial charge in [-0.2, -0.15) is 0 Å². The second-order valence-electron chi connectivity index (χ2n) is 6.93. The van der Waals surface area contributed by atoms with Crippen LogP contribution >= 0.6 is 12.4 Å². The number of rotatable bonds is 3. The standard InChI is InChI=1S/C19H27N3O2.ClH/c1-14-5-2-3-7-17(14)18(23)21-16-8-11-22(12-9-16)19(24)15-6-4-10-20-13-15;/h2-3,5,7,15-16,20H,4,6,8-13H2,1H3,(H,21,23);1H. The van der Waals surface area contributed by atoms with Crippen LogP contribution in [0.4, 0.5) is 0 Å². The fourth-order valence-corrected chi connectivity index (χ4v) is 3.66. The molecule has 2 amide bonds. The highest BCUT2D eigenvalue weighted by Gasteiger charge is 2.29. The van der Waals surface area contributed by atoms with Crippen molar-refractivity contribution < 1.29 is 9.59 Å². The summed E-state index contributed by atoms with van der Waals surface area (Å²) in [6, 6.07) is 7.80. The van der Waals surface area contributed by atoms with Crippen molar-refractivity contribution in [2.24, 2.45) is 5.92 Å². The van der Waals surface area contributed by atoms with Gasteiger partial charge in [0, 0.05) is 31.2 Å². The van der Waals surface area contributed by atoms with Crippen molar-refractivity contribution in [3.05, 3.63) is 35.4 Å². The lowest BCUT2D eigenvalue weighted by molar-refractivity contribution is -0.137. The first-order valence-electron chi connectivity index (χ1n) is 9.01. The summed E-state index contributed by atoms with van der Waals surface area (Å²) >= 11 is 0. The van der Waals surface area contributed by atoms with Crippen LogP contribution in [0.1, 0.15) is 41.6 Å². The molecule has 1 aromatic carbocycles. The van der Waals surface area contributed by atoms with Gasteiger partial charge in [-0.1, -0.05) is 18.2 Å². The lowest BCUT2D eigenvalue weighted by Gasteiger charge is -2.35. The molecule has 2 N–H and O–H groups in total. The Hall–Kier alpha value is -1.59. The Kier molecular flexibility index (Phi) is 7.26. The number of likely N-dealkylation sites (tertiary alicyclic amines) is 1. The van der Waals surface area contributed by atoms with Crippen LogP contribution in [0.15, 0.2) is 24.3 Å². The molecule has 0 saturated carbocycles. The van der Waals surface area contributed by atoms with Crippen molar-refractivity contribution in [2.45, 2.75) is 38.6 Å². The quantitative estimate of drug-likeness (QED) is 0.862. The Morgan fingerprint density at radius 3 is 2.52 bits per heavy atom. The first kappa shape index (κ1) is 19.7. The monoisotopic (exact) mass is 365 g/mol. The number of benzene rings is 1. The Labute approximate surface area is 155 Å². The third-order valence-electron chi connectivity index (χ3n) is 5.18. The van der Waals surface area contributed by atoms with Crippen molar-refractivity contribution in [1.29, 1.82) is 0 Å². The van der Waals surface area contributed by atoms with Crippen LogP contribution in [0, 0.1) is 12.8 Å². The second kappa shape index (κ2) is 9.20. The van der Waals surface area contributed by atoms with Crippen LogP contribution < -0.4 is 10.6 Å². The van der Waals surface area contributed by atoms with Crippen molar-refractivity contribution >= 4 is 24.2 Å². The summed E-state index contributed by atoms with van der Waals surface area (Å²) < 4.78 is 0. The van der Waals surface area contributed by atoms with E-state index >= 15 is 0 Å². The molecule has 138 valence electrons. The minimum absolute atomic E-state index is 0. The molecule has 0 radical (unpaired) electrons. The summed E-state index contributed by atoms with van der Waals surface area (Å²) in [4.78, 5) is 26.9. The maximum absolute atomic E-state index is 12.5. The number of halogens is 1. The van der Waals surface area contributed by atoms with Crippen molar-refractivity contribution in [3.8, 4) is 0 Å². The molecule has 1 aromatic rings. The van der Waals surface area contributed by atoms with Crippen molar-refractivity contribution in [1.82, 2.24) is 15.5 Å². The molecule has 1 atom stereocenters. The van der Waals surface area contributed by atoms with Gasteiger partial charge in [0.05, 0.1) is 5.92 Å². The van der Waals surface area contributed by atoms with Gasteiger partial charge in [0.1, 0.15) is 0 Å². The van der Waals surface area contributed by atoms with E-state index in [1.165, 1.54) is 0 Å². The third-order valence-corrected chi connectivity index (χ3v) is 5.18. The van der Waals surface area contributed by atoms with Crippen molar-refractivity contribution in [3.63, 3.8) is 0 Å². The van der Waals surface area contributed by atoms with Gasteiger partial charge >= 0.3 is 0 Å². The highest BCUT2D eigenvalue weighted by atomic mass is 35.5. The van der Waals surface area contributed by atoms with E-state index in [0.717, 1.165) is 63.0 Å². The molecule has 25 heavy (non-hydrogen) atoms. The first-order valence-corrected chi connectivity index (χ1v) is 9.01. The Morgan fingerprint density at radius 2 is 1.88 bits per heavy atom. The molecule has 5 nitrogen and oxygen atoms in total. The number of piperidine rings is 2. The Balaban J connectivity index is 0.00000225. The van der Waals surface area contributed by atoms with E-state index in [4.69, 9.17) is 0 Å². The molecule has 2 aliphatic rings. The summed E-state index contributed by atoms with van der Waals surface area (Å²) in [5.41, 5.74) is 1.73. The molecule has 0 spiro atoms. The van der Waals surface area contributed by atoms with Gasteiger partial charge in [-0.25, -0.2) is 0 Å². The average molecular weight is 366 g/mol. The topological polar surface area (TPSA) is 61.4 Å². The molecule has 0 aliphatic carbocycles. The molecule has 2 fully saturated rings. The SMILES string of the molecule is Cc1ccccc1C(=O)NC1CCN(C(=O)C2CCCNC2)CC1.Cl. The van der Waals surface area contributed by atoms with Crippen LogP contribution in [0.5, 0.6) is 0 Å². The second-order valence-corrected chi connectivity index (χ2v) is 6.93. The highest BCUT2D eigenvalue weighted by Crippen LogP contribution is 2.18. The lowest BCUT2D eigenvalue weighted by Crippen LogP contribution is -2.50. The van der Waals surface area contributed by atoms with E-state index in [1.807, 2.05) is 36.1 Å². The Bertz CT molecular complexity index is 594. The summed E-state index contributed by atoms with van der Waals surface area (Å²) in [6.45, 7) is 5.27. The van der Waals surface area contributed by atoms with Gasteiger partial charge in [0.25, 0.3) is 5.91 Å². The summed E-state index contributed by atoms with van der Waals surface area (Å²) in [7, 11) is 0. The summed E-state index contributed by atoms with van der Waals surface area (Å²) in [5.74, 6) is 0.414. The molecular formula is C19H28ClN3O2. The third kappa shape index (κ3) is 4.95. The first-order chi connectivity index (χ1) is 11.6. The van der Waals surface area contributed by atoms with E-state index in [1.54, 1.807) is 0 Å². The number of aryl methyl sites for hydroxylation is 1. The highest BCUT2D eigenvalue weighted by molar-refractivity contribution is 5.95. The minimum Gasteiger partial charge on any atom is -0.349 e. The molecule has 6 heteroatoms. The number of carbonyl (C=O) groups is 2. The average Bonchev–Trinajstić information content (AvgIpc) is 2.63. The zero-order valence-corrected chi connectivity index (χ0v) is 15.6. The van der Waals surface area contributed by atoms with Crippen LogP contribution in [-0.2, 0) is 4.79 Å². The van der Waals surface area contributed by atoms with Gasteiger partial charge in [-0.05, 0) is 50.8 Å². The smallest absolute Gasteiger partial charge is 0.251 e.